The summed E-state index contributed by atoms with van der Waals surface area (Å²) in [5.74, 6) is -0.367. The van der Waals surface area contributed by atoms with E-state index in [0.717, 1.165) is 115 Å². The molecule has 0 amide bonds. The van der Waals surface area contributed by atoms with E-state index in [-0.39, 0.29) is 57.4 Å². The lowest BCUT2D eigenvalue weighted by molar-refractivity contribution is -0.167. The Balaban J connectivity index is 2.67. The zero-order valence-corrected chi connectivity index (χ0v) is 47.7. The summed E-state index contributed by atoms with van der Waals surface area (Å²) in [7, 11) is 0. The number of hydrogen-bond donors (Lipinski definition) is 0. The van der Waals surface area contributed by atoms with Gasteiger partial charge in [0.1, 0.15) is 25.1 Å². The molecule has 11 heteroatoms. The minimum absolute atomic E-state index is 0.0219. The van der Waals surface area contributed by atoms with Crippen molar-refractivity contribution < 1.29 is 42.9 Å². The second-order valence-corrected chi connectivity index (χ2v) is 20.3. The van der Waals surface area contributed by atoms with E-state index in [1.807, 2.05) is 17.7 Å². The molecule has 11 nitrogen and oxygen atoms in total. The molecule has 1 aromatic rings. The normalized spacial score (nSPS) is 12.2. The average molecular weight is 1040 g/mol. The van der Waals surface area contributed by atoms with Crippen molar-refractivity contribution >= 4 is 24.1 Å². The van der Waals surface area contributed by atoms with Gasteiger partial charge in [0.15, 0.2) is 6.10 Å². The Morgan fingerprint density at radius 1 is 0.459 bits per heavy atom. The van der Waals surface area contributed by atoms with Gasteiger partial charge >= 0.3 is 24.1 Å². The molecule has 1 rings (SSSR count). The molecule has 0 saturated carbocycles. The van der Waals surface area contributed by atoms with Crippen molar-refractivity contribution in [3.8, 4) is 0 Å². The van der Waals surface area contributed by atoms with Crippen LogP contribution >= 0.6 is 0 Å². The van der Waals surface area contributed by atoms with Gasteiger partial charge in [0, 0.05) is 38.2 Å². The van der Waals surface area contributed by atoms with Gasteiger partial charge in [-0.05, 0) is 110 Å². The molecule has 1 aromatic heterocycles. The van der Waals surface area contributed by atoms with Crippen LogP contribution in [-0.2, 0) is 44.6 Å². The van der Waals surface area contributed by atoms with Crippen molar-refractivity contribution in [1.82, 2.24) is 9.55 Å². The standard InChI is InChI=1S/C63H108N2O9/c1-5-8-11-14-17-20-23-25-27-29-31-34-37-40-43-47-60(66)71-55-59(56-72-61(67)48-44-41-38-35-32-30-28-26-24-21-18-15-12-9-6-2)73-62(68)50-49-58(46-42-39-36-33-22-19-16-13-10-7-3)74-63(69)70-54-45-52-65-53-51-64-57(65)4/h17-18,20-21,25-28,51,53,58-59H,5-16,19,22-24,29-50,52,54-56H2,1-4H3/b20-17-,21-18-,27-25-,28-26-. The molecule has 0 aliphatic heterocycles. The summed E-state index contributed by atoms with van der Waals surface area (Å²) in [6, 6.07) is 0. The number of carbonyl (C=O) groups excluding carboxylic acids is 4. The number of rotatable bonds is 52. The molecule has 0 aliphatic carbocycles. The van der Waals surface area contributed by atoms with Crippen molar-refractivity contribution in [3.63, 3.8) is 0 Å². The topological polar surface area (TPSA) is 132 Å². The molecule has 0 spiro atoms. The van der Waals surface area contributed by atoms with E-state index in [1.165, 1.54) is 96.3 Å². The number of unbranched alkanes of at least 4 members (excludes halogenated alkanes) is 25. The Labute approximate surface area is 451 Å². The third-order valence-electron chi connectivity index (χ3n) is 13.3. The Hall–Kier alpha value is -4.15. The van der Waals surface area contributed by atoms with Gasteiger partial charge in [-0.15, -0.1) is 0 Å². The van der Waals surface area contributed by atoms with Gasteiger partial charge in [0.2, 0.25) is 0 Å². The minimum atomic E-state index is -0.949. The van der Waals surface area contributed by atoms with Crippen LogP contribution in [0.1, 0.15) is 271 Å². The summed E-state index contributed by atoms with van der Waals surface area (Å²) >= 11 is 0. The van der Waals surface area contributed by atoms with E-state index in [1.54, 1.807) is 6.20 Å². The van der Waals surface area contributed by atoms with E-state index in [4.69, 9.17) is 23.7 Å². The first kappa shape index (κ1) is 67.9. The molecule has 0 radical (unpaired) electrons. The van der Waals surface area contributed by atoms with Crippen molar-refractivity contribution in [3.05, 3.63) is 66.8 Å². The first-order chi connectivity index (χ1) is 36.3. The Morgan fingerprint density at radius 3 is 1.36 bits per heavy atom. The van der Waals surface area contributed by atoms with Crippen LogP contribution in [0.15, 0.2) is 61.0 Å². The van der Waals surface area contributed by atoms with Crippen LogP contribution in [0, 0.1) is 6.92 Å². The zero-order valence-electron chi connectivity index (χ0n) is 47.7. The SMILES string of the molecule is CCCCC/C=C\C/C=C\CCCCCCCC(=O)OCC(COC(=O)CCCCCCC/C=C\C/C=C\CCCCC)OC(=O)CCC(CCCCCCCCCCCC)OC(=O)OCCCn1ccnc1C. The number of nitrogens with zero attached hydrogens (tertiary/aromatic N) is 2. The van der Waals surface area contributed by atoms with Crippen LogP contribution in [0.4, 0.5) is 4.79 Å². The van der Waals surface area contributed by atoms with Crippen LogP contribution in [0.5, 0.6) is 0 Å². The molecule has 0 aliphatic rings. The number of carbonyl (C=O) groups is 4. The molecule has 0 fully saturated rings. The van der Waals surface area contributed by atoms with Gasteiger partial charge in [-0.3, -0.25) is 14.4 Å². The molecule has 1 unspecified atom stereocenters. The van der Waals surface area contributed by atoms with Crippen molar-refractivity contribution in [2.24, 2.45) is 0 Å². The smallest absolute Gasteiger partial charge is 0.462 e. The molecule has 0 saturated heterocycles. The van der Waals surface area contributed by atoms with Crippen LogP contribution in [-0.4, -0.2) is 65.6 Å². The summed E-state index contributed by atoms with van der Waals surface area (Å²) in [5, 5.41) is 0. The van der Waals surface area contributed by atoms with E-state index < -0.39 is 24.3 Å². The maximum Gasteiger partial charge on any atom is 0.508 e. The van der Waals surface area contributed by atoms with Crippen molar-refractivity contribution in [2.45, 2.75) is 290 Å². The first-order valence-electron chi connectivity index (χ1n) is 30.2. The second kappa shape index (κ2) is 52.3. The van der Waals surface area contributed by atoms with Gasteiger partial charge in [0.05, 0.1) is 6.61 Å². The summed E-state index contributed by atoms with van der Waals surface area (Å²) < 4.78 is 30.2. The Kier molecular flexibility index (Phi) is 48.0. The number of ether oxygens (including phenoxy) is 5. The fraction of sp³-hybridized carbons (Fsp3) is 0.762. The number of allylic oxidation sites excluding steroid dienone is 8. The molecular formula is C63H108N2O9. The highest BCUT2D eigenvalue weighted by atomic mass is 16.7. The minimum Gasteiger partial charge on any atom is -0.462 e. The zero-order chi connectivity index (χ0) is 53.6. The highest BCUT2D eigenvalue weighted by Gasteiger charge is 2.22. The monoisotopic (exact) mass is 1040 g/mol. The summed E-state index contributed by atoms with van der Waals surface area (Å²) in [4.78, 5) is 56.2. The van der Waals surface area contributed by atoms with Crippen LogP contribution < -0.4 is 0 Å². The van der Waals surface area contributed by atoms with E-state index in [9.17, 15) is 19.2 Å². The van der Waals surface area contributed by atoms with Crippen LogP contribution in [0.3, 0.4) is 0 Å². The maximum atomic E-state index is 13.4. The molecule has 0 bridgehead atoms. The van der Waals surface area contributed by atoms with Crippen LogP contribution in [0.2, 0.25) is 0 Å². The fourth-order valence-electron chi connectivity index (χ4n) is 8.64. The molecule has 0 aromatic carbocycles. The summed E-state index contributed by atoms with van der Waals surface area (Å²) in [6.45, 7) is 9.09. The molecule has 0 N–H and O–H groups in total. The quantitative estimate of drug-likeness (QED) is 0.0269. The molecule has 1 atom stereocenters. The average Bonchev–Trinajstić information content (AvgIpc) is 3.81. The number of aryl methyl sites for hydroxylation is 2. The lowest BCUT2D eigenvalue weighted by Crippen LogP contribution is -2.31. The number of aromatic nitrogens is 2. The molecule has 424 valence electrons. The van der Waals surface area contributed by atoms with Crippen LogP contribution in [0.25, 0.3) is 0 Å². The number of hydrogen-bond acceptors (Lipinski definition) is 10. The highest BCUT2D eigenvalue weighted by molar-refractivity contribution is 5.71. The number of imidazole rings is 1. The third-order valence-corrected chi connectivity index (χ3v) is 13.3. The third kappa shape index (κ3) is 45.3. The van der Waals surface area contributed by atoms with E-state index >= 15 is 0 Å². The second-order valence-electron chi connectivity index (χ2n) is 20.3. The Bertz CT molecular complexity index is 1540. The first-order valence-corrected chi connectivity index (χ1v) is 30.2. The molecule has 1 heterocycles. The number of esters is 3. The maximum absolute atomic E-state index is 13.4. The van der Waals surface area contributed by atoms with Gasteiger partial charge < -0.3 is 28.3 Å². The Morgan fingerprint density at radius 2 is 0.892 bits per heavy atom. The largest absolute Gasteiger partial charge is 0.508 e. The van der Waals surface area contributed by atoms with Crippen molar-refractivity contribution in [1.29, 1.82) is 0 Å². The van der Waals surface area contributed by atoms with Gasteiger partial charge in [-0.25, -0.2) is 9.78 Å². The highest BCUT2D eigenvalue weighted by Crippen LogP contribution is 2.18. The van der Waals surface area contributed by atoms with Gasteiger partial charge in [0.25, 0.3) is 0 Å². The van der Waals surface area contributed by atoms with Gasteiger partial charge in [-0.1, -0.05) is 191 Å². The lowest BCUT2D eigenvalue weighted by atomic mass is 10.0. The lowest BCUT2D eigenvalue weighted by Gasteiger charge is -2.20. The fourth-order valence-corrected chi connectivity index (χ4v) is 8.64. The summed E-state index contributed by atoms with van der Waals surface area (Å²) in [5.41, 5.74) is 0. The molecular weight excluding hydrogens is 929 g/mol. The summed E-state index contributed by atoms with van der Waals surface area (Å²) in [6.07, 6.45) is 57.4. The predicted octanol–water partition coefficient (Wildman–Crippen LogP) is 17.8. The van der Waals surface area contributed by atoms with Gasteiger partial charge in [-0.2, -0.15) is 0 Å². The van der Waals surface area contributed by atoms with E-state index in [0.29, 0.717) is 19.4 Å². The van der Waals surface area contributed by atoms with E-state index in [2.05, 4.69) is 74.4 Å². The molecule has 74 heavy (non-hydrogen) atoms. The predicted molar refractivity (Wildman–Crippen MR) is 304 cm³/mol. The van der Waals surface area contributed by atoms with Crippen molar-refractivity contribution in [2.75, 3.05) is 19.8 Å².